The summed E-state index contributed by atoms with van der Waals surface area (Å²) in [5.74, 6) is 0.233. The summed E-state index contributed by atoms with van der Waals surface area (Å²) in [6.07, 6.45) is 1.39. The van der Waals surface area contributed by atoms with E-state index in [9.17, 15) is 5.11 Å². The number of oxime groups is 1. The van der Waals surface area contributed by atoms with E-state index in [1.807, 2.05) is 36.4 Å². The lowest BCUT2D eigenvalue weighted by Gasteiger charge is -2.05. The summed E-state index contributed by atoms with van der Waals surface area (Å²) in [6.45, 7) is 0. The Hall–Kier alpha value is -2.29. The van der Waals surface area contributed by atoms with Crippen LogP contribution in [0.5, 0.6) is 5.75 Å². The van der Waals surface area contributed by atoms with Crippen molar-refractivity contribution >= 4 is 6.21 Å². The number of hydrogen-bond acceptors (Lipinski definition) is 3. The van der Waals surface area contributed by atoms with Crippen molar-refractivity contribution in [1.29, 1.82) is 0 Å². The molecule has 0 aliphatic heterocycles. The predicted octanol–water partition coefficient (Wildman–Crippen LogP) is 2.87. The second-order valence-electron chi connectivity index (χ2n) is 3.38. The molecule has 2 aromatic carbocycles. The molecule has 2 N–H and O–H groups in total. The maximum Gasteiger partial charge on any atom is 0.115 e. The topological polar surface area (TPSA) is 52.8 Å². The maximum atomic E-state index is 9.21. The smallest absolute Gasteiger partial charge is 0.115 e. The fourth-order valence-corrected chi connectivity index (χ4v) is 1.58. The van der Waals surface area contributed by atoms with Gasteiger partial charge < -0.3 is 10.3 Å². The van der Waals surface area contributed by atoms with E-state index in [2.05, 4.69) is 5.16 Å². The van der Waals surface area contributed by atoms with E-state index < -0.39 is 0 Å². The first-order valence-electron chi connectivity index (χ1n) is 4.87. The molecule has 0 fully saturated rings. The van der Waals surface area contributed by atoms with Crippen molar-refractivity contribution in [2.45, 2.75) is 0 Å². The van der Waals surface area contributed by atoms with Crippen molar-refractivity contribution in [2.24, 2.45) is 5.16 Å². The Morgan fingerprint density at radius 3 is 2.31 bits per heavy atom. The van der Waals surface area contributed by atoms with Crippen LogP contribution in [0.3, 0.4) is 0 Å². The Balaban J connectivity index is 2.51. The molecule has 0 bridgehead atoms. The highest BCUT2D eigenvalue weighted by Crippen LogP contribution is 2.24. The third kappa shape index (κ3) is 2.03. The normalized spacial score (nSPS) is 10.8. The van der Waals surface area contributed by atoms with Crippen LogP contribution >= 0.6 is 0 Å². The highest BCUT2D eigenvalue weighted by molar-refractivity contribution is 5.90. The van der Waals surface area contributed by atoms with E-state index in [1.54, 1.807) is 12.1 Å². The maximum absolute atomic E-state index is 9.21. The van der Waals surface area contributed by atoms with Crippen LogP contribution in [0, 0.1) is 0 Å². The number of benzene rings is 2. The van der Waals surface area contributed by atoms with E-state index in [4.69, 9.17) is 5.21 Å². The zero-order valence-electron chi connectivity index (χ0n) is 8.54. The quantitative estimate of drug-likeness (QED) is 0.458. The van der Waals surface area contributed by atoms with Gasteiger partial charge in [-0.25, -0.2) is 0 Å². The minimum absolute atomic E-state index is 0.233. The van der Waals surface area contributed by atoms with Crippen LogP contribution in [0.1, 0.15) is 5.56 Å². The molecule has 0 spiro atoms. The van der Waals surface area contributed by atoms with Crippen molar-refractivity contribution in [1.82, 2.24) is 0 Å². The van der Waals surface area contributed by atoms with E-state index >= 15 is 0 Å². The molecule has 2 rings (SSSR count). The first kappa shape index (κ1) is 10.2. The molecular formula is C13H11NO2. The molecule has 0 amide bonds. The summed E-state index contributed by atoms with van der Waals surface area (Å²) in [5, 5.41) is 20.8. The standard InChI is InChI=1S/C13H11NO2/c15-12-7-5-10(6-8-12)13-4-2-1-3-11(13)9-14-16/h1-9,15-16H. The van der Waals surface area contributed by atoms with Crippen molar-refractivity contribution in [3.63, 3.8) is 0 Å². The van der Waals surface area contributed by atoms with Crippen molar-refractivity contribution in [3.8, 4) is 16.9 Å². The lowest BCUT2D eigenvalue weighted by atomic mass is 10.0. The Kier molecular flexibility index (Phi) is 2.87. The molecule has 80 valence electrons. The fraction of sp³-hybridized carbons (Fsp3) is 0. The summed E-state index contributed by atoms with van der Waals surface area (Å²) < 4.78 is 0. The van der Waals surface area contributed by atoms with Crippen LogP contribution in [-0.2, 0) is 0 Å². The molecule has 0 heterocycles. The number of phenols is 1. The molecule has 3 heteroatoms. The third-order valence-electron chi connectivity index (χ3n) is 2.34. The van der Waals surface area contributed by atoms with E-state index in [0.29, 0.717) is 0 Å². The van der Waals surface area contributed by atoms with Gasteiger partial charge in [0, 0.05) is 5.56 Å². The molecule has 0 radical (unpaired) electrons. The van der Waals surface area contributed by atoms with E-state index in [0.717, 1.165) is 16.7 Å². The van der Waals surface area contributed by atoms with Crippen molar-refractivity contribution in [2.75, 3.05) is 0 Å². The third-order valence-corrected chi connectivity index (χ3v) is 2.34. The number of hydrogen-bond donors (Lipinski definition) is 2. The Morgan fingerprint density at radius 2 is 1.62 bits per heavy atom. The Morgan fingerprint density at radius 1 is 0.938 bits per heavy atom. The minimum atomic E-state index is 0.233. The van der Waals surface area contributed by atoms with Gasteiger partial charge in [0.25, 0.3) is 0 Å². The molecule has 0 saturated heterocycles. The zero-order valence-corrected chi connectivity index (χ0v) is 8.54. The van der Waals surface area contributed by atoms with Crippen molar-refractivity contribution < 1.29 is 10.3 Å². The highest BCUT2D eigenvalue weighted by Gasteiger charge is 2.02. The highest BCUT2D eigenvalue weighted by atomic mass is 16.4. The Labute approximate surface area is 93.3 Å². The predicted molar refractivity (Wildman–Crippen MR) is 62.9 cm³/mol. The first-order chi connectivity index (χ1) is 7.81. The SMILES string of the molecule is ON=Cc1ccccc1-c1ccc(O)cc1. The summed E-state index contributed by atoms with van der Waals surface area (Å²) >= 11 is 0. The largest absolute Gasteiger partial charge is 0.508 e. The molecule has 0 aromatic heterocycles. The fourth-order valence-electron chi connectivity index (χ4n) is 1.58. The van der Waals surface area contributed by atoms with E-state index in [1.165, 1.54) is 6.21 Å². The Bertz CT molecular complexity index is 504. The first-order valence-corrected chi connectivity index (χ1v) is 4.87. The summed E-state index contributed by atoms with van der Waals surface area (Å²) in [4.78, 5) is 0. The molecule has 3 nitrogen and oxygen atoms in total. The van der Waals surface area contributed by atoms with Crippen LogP contribution in [0.25, 0.3) is 11.1 Å². The van der Waals surface area contributed by atoms with Gasteiger partial charge in [-0.3, -0.25) is 0 Å². The number of nitrogens with zero attached hydrogens (tertiary/aromatic N) is 1. The van der Waals surface area contributed by atoms with Crippen LogP contribution in [-0.4, -0.2) is 16.5 Å². The van der Waals surface area contributed by atoms with Crippen molar-refractivity contribution in [3.05, 3.63) is 54.1 Å². The second-order valence-corrected chi connectivity index (χ2v) is 3.38. The van der Waals surface area contributed by atoms with Gasteiger partial charge in [-0.1, -0.05) is 41.6 Å². The van der Waals surface area contributed by atoms with Gasteiger partial charge in [-0.15, -0.1) is 0 Å². The van der Waals surface area contributed by atoms with Crippen LogP contribution in [0.15, 0.2) is 53.7 Å². The summed E-state index contributed by atoms with van der Waals surface area (Å²) in [7, 11) is 0. The van der Waals surface area contributed by atoms with Gasteiger partial charge in [0.05, 0.1) is 6.21 Å². The average Bonchev–Trinajstić information content (AvgIpc) is 2.32. The minimum Gasteiger partial charge on any atom is -0.508 e. The molecule has 0 unspecified atom stereocenters. The molecule has 0 aliphatic rings. The lowest BCUT2D eigenvalue weighted by Crippen LogP contribution is -1.87. The summed E-state index contributed by atoms with van der Waals surface area (Å²) in [5.41, 5.74) is 2.75. The van der Waals surface area contributed by atoms with Gasteiger partial charge in [-0.2, -0.15) is 0 Å². The van der Waals surface area contributed by atoms with Crippen LogP contribution in [0.2, 0.25) is 0 Å². The van der Waals surface area contributed by atoms with Gasteiger partial charge in [0.2, 0.25) is 0 Å². The summed E-state index contributed by atoms with van der Waals surface area (Å²) in [6, 6.07) is 14.5. The molecule has 0 aliphatic carbocycles. The van der Waals surface area contributed by atoms with Gasteiger partial charge >= 0.3 is 0 Å². The van der Waals surface area contributed by atoms with Gasteiger partial charge in [0.15, 0.2) is 0 Å². The van der Waals surface area contributed by atoms with E-state index in [-0.39, 0.29) is 5.75 Å². The molecule has 2 aromatic rings. The monoisotopic (exact) mass is 213 g/mol. The zero-order chi connectivity index (χ0) is 11.4. The molecular weight excluding hydrogens is 202 g/mol. The number of rotatable bonds is 2. The van der Waals surface area contributed by atoms with Crippen LogP contribution < -0.4 is 0 Å². The number of phenolic OH excluding ortho intramolecular Hbond substituents is 1. The van der Waals surface area contributed by atoms with Gasteiger partial charge in [0.1, 0.15) is 5.75 Å². The second kappa shape index (κ2) is 4.49. The van der Waals surface area contributed by atoms with Gasteiger partial charge in [-0.05, 0) is 23.3 Å². The molecule has 16 heavy (non-hydrogen) atoms. The number of aromatic hydroxyl groups is 1. The average molecular weight is 213 g/mol. The molecule has 0 saturated carbocycles. The van der Waals surface area contributed by atoms with Crippen LogP contribution in [0.4, 0.5) is 0 Å². The lowest BCUT2D eigenvalue weighted by molar-refractivity contribution is 0.322. The molecule has 0 atom stereocenters.